The van der Waals surface area contributed by atoms with E-state index in [1.54, 1.807) is 12.4 Å². The third-order valence-corrected chi connectivity index (χ3v) is 4.45. The van der Waals surface area contributed by atoms with Crippen LogP contribution in [0.2, 0.25) is 0 Å². The van der Waals surface area contributed by atoms with Gasteiger partial charge in [-0.15, -0.1) is 0 Å². The Morgan fingerprint density at radius 3 is 2.67 bits per heavy atom. The number of fused-ring (bicyclic) bond motifs is 1. The van der Waals surface area contributed by atoms with Crippen LogP contribution in [0.15, 0.2) is 36.7 Å². The highest BCUT2D eigenvalue weighted by Crippen LogP contribution is 2.33. The Labute approximate surface area is 140 Å². The van der Waals surface area contributed by atoms with Crippen LogP contribution in [0, 0.1) is 11.3 Å². The molecule has 1 aliphatic rings. The fourth-order valence-corrected chi connectivity index (χ4v) is 3.29. The van der Waals surface area contributed by atoms with Crippen molar-refractivity contribution in [3.63, 3.8) is 0 Å². The van der Waals surface area contributed by atoms with Gasteiger partial charge in [0.05, 0.1) is 17.1 Å². The van der Waals surface area contributed by atoms with Gasteiger partial charge in [-0.05, 0) is 12.1 Å². The summed E-state index contributed by atoms with van der Waals surface area (Å²) >= 11 is 0. The second-order valence-corrected chi connectivity index (χ2v) is 6.38. The third kappa shape index (κ3) is 2.21. The van der Waals surface area contributed by atoms with Gasteiger partial charge in [0.15, 0.2) is 11.5 Å². The molecule has 0 atom stereocenters. The minimum atomic E-state index is 0.336. The predicted molar refractivity (Wildman–Crippen MR) is 91.8 cm³/mol. The van der Waals surface area contributed by atoms with E-state index in [9.17, 15) is 5.26 Å². The van der Waals surface area contributed by atoms with E-state index in [4.69, 9.17) is 4.98 Å². The maximum absolute atomic E-state index is 9.20. The van der Waals surface area contributed by atoms with Gasteiger partial charge in [0.1, 0.15) is 11.9 Å². The second-order valence-electron chi connectivity index (χ2n) is 6.38. The Bertz CT molecular complexity index is 930. The molecule has 24 heavy (non-hydrogen) atoms. The van der Waals surface area contributed by atoms with Crippen molar-refractivity contribution in [2.24, 2.45) is 0 Å². The summed E-state index contributed by atoms with van der Waals surface area (Å²) in [4.78, 5) is 15.3. The van der Waals surface area contributed by atoms with Crippen LogP contribution in [-0.2, 0) is 0 Å². The molecule has 0 bridgehead atoms. The number of nitriles is 1. The fraction of sp³-hybridized carbons (Fsp3) is 0.333. The molecule has 1 fully saturated rings. The largest absolute Gasteiger partial charge is 0.350 e. The lowest BCUT2D eigenvalue weighted by Gasteiger charge is -2.41. The van der Waals surface area contributed by atoms with Gasteiger partial charge in [-0.2, -0.15) is 5.26 Å². The lowest BCUT2D eigenvalue weighted by molar-refractivity contribution is 0.390. The average molecular weight is 318 g/mol. The highest BCUT2D eigenvalue weighted by Gasteiger charge is 2.33. The van der Waals surface area contributed by atoms with Crippen LogP contribution >= 0.6 is 0 Å². The number of nitrogens with zero attached hydrogens (tertiary/aromatic N) is 6. The molecular weight excluding hydrogens is 300 g/mol. The molecule has 3 aromatic rings. The minimum Gasteiger partial charge on any atom is -0.350 e. The van der Waals surface area contributed by atoms with Crippen molar-refractivity contribution >= 4 is 16.9 Å². The number of hydrogen-bond acceptors (Lipinski definition) is 5. The standard InChI is InChI=1S/C18H18N6/c1-12(2)17-22-14-5-3-4-6-16(14)24(17)13-10-23(11-13)18-15(9-19)20-7-8-21-18/h3-8,12-13H,10-11H2,1-2H3. The first-order chi connectivity index (χ1) is 11.7. The van der Waals surface area contributed by atoms with Crippen LogP contribution in [0.25, 0.3) is 11.0 Å². The van der Waals surface area contributed by atoms with E-state index in [2.05, 4.69) is 57.6 Å². The molecule has 6 heteroatoms. The number of aromatic nitrogens is 4. The van der Waals surface area contributed by atoms with E-state index in [-0.39, 0.29) is 0 Å². The van der Waals surface area contributed by atoms with Crippen molar-refractivity contribution in [1.82, 2.24) is 19.5 Å². The van der Waals surface area contributed by atoms with E-state index in [1.165, 1.54) is 5.52 Å². The number of benzene rings is 1. The Morgan fingerprint density at radius 1 is 1.17 bits per heavy atom. The number of rotatable bonds is 3. The highest BCUT2D eigenvalue weighted by molar-refractivity contribution is 5.76. The molecule has 6 nitrogen and oxygen atoms in total. The fourth-order valence-electron chi connectivity index (χ4n) is 3.29. The lowest BCUT2D eigenvalue weighted by Crippen LogP contribution is -2.49. The molecule has 0 amide bonds. The summed E-state index contributed by atoms with van der Waals surface area (Å²) in [6.45, 7) is 5.97. The Kier molecular flexibility index (Phi) is 3.42. The lowest BCUT2D eigenvalue weighted by atomic mass is 10.1. The maximum Gasteiger partial charge on any atom is 0.183 e. The van der Waals surface area contributed by atoms with E-state index in [0.29, 0.717) is 23.5 Å². The third-order valence-electron chi connectivity index (χ3n) is 4.45. The van der Waals surface area contributed by atoms with Crippen molar-refractivity contribution < 1.29 is 0 Å². The van der Waals surface area contributed by atoms with Gasteiger partial charge in [0.2, 0.25) is 0 Å². The zero-order chi connectivity index (χ0) is 16.7. The summed E-state index contributed by atoms with van der Waals surface area (Å²) in [5.41, 5.74) is 2.60. The van der Waals surface area contributed by atoms with Crippen LogP contribution < -0.4 is 4.90 Å². The number of para-hydroxylation sites is 2. The summed E-state index contributed by atoms with van der Waals surface area (Å²) in [6, 6.07) is 10.7. The van der Waals surface area contributed by atoms with Crippen molar-refractivity contribution in [2.45, 2.75) is 25.8 Å². The molecule has 4 rings (SSSR count). The Hall–Kier alpha value is -2.94. The molecule has 0 saturated carbocycles. The SMILES string of the molecule is CC(C)c1nc2ccccc2n1C1CN(c2nccnc2C#N)C1. The molecule has 0 N–H and O–H groups in total. The van der Waals surface area contributed by atoms with Gasteiger partial charge in [-0.1, -0.05) is 26.0 Å². The van der Waals surface area contributed by atoms with Crippen molar-refractivity contribution in [3.8, 4) is 6.07 Å². The predicted octanol–water partition coefficient (Wildman–Crippen LogP) is 2.88. The van der Waals surface area contributed by atoms with Crippen molar-refractivity contribution in [3.05, 3.63) is 48.2 Å². The van der Waals surface area contributed by atoms with E-state index < -0.39 is 0 Å². The maximum atomic E-state index is 9.20. The summed E-state index contributed by atoms with van der Waals surface area (Å²) in [5, 5.41) is 9.20. The smallest absolute Gasteiger partial charge is 0.183 e. The monoisotopic (exact) mass is 318 g/mol. The molecular formula is C18H18N6. The number of hydrogen-bond donors (Lipinski definition) is 0. The molecule has 3 heterocycles. The molecule has 1 saturated heterocycles. The summed E-state index contributed by atoms with van der Waals surface area (Å²) < 4.78 is 2.35. The number of imidazole rings is 1. The second kappa shape index (κ2) is 5.60. The zero-order valence-electron chi connectivity index (χ0n) is 13.7. The molecule has 0 aliphatic carbocycles. The average Bonchev–Trinajstić information content (AvgIpc) is 2.94. The van der Waals surface area contributed by atoms with Gasteiger partial charge in [0, 0.05) is 31.4 Å². The van der Waals surface area contributed by atoms with Gasteiger partial charge < -0.3 is 9.47 Å². The van der Waals surface area contributed by atoms with Crippen LogP contribution in [0.4, 0.5) is 5.82 Å². The van der Waals surface area contributed by atoms with Crippen LogP contribution in [-0.4, -0.2) is 32.6 Å². The topological polar surface area (TPSA) is 70.6 Å². The number of anilines is 1. The summed E-state index contributed by atoms with van der Waals surface area (Å²) in [7, 11) is 0. The van der Waals surface area contributed by atoms with E-state index in [0.717, 1.165) is 24.4 Å². The van der Waals surface area contributed by atoms with E-state index in [1.807, 2.05) is 6.07 Å². The van der Waals surface area contributed by atoms with E-state index >= 15 is 0 Å². The van der Waals surface area contributed by atoms with Crippen LogP contribution in [0.5, 0.6) is 0 Å². The molecule has 120 valence electrons. The van der Waals surface area contributed by atoms with Gasteiger partial charge >= 0.3 is 0 Å². The Morgan fingerprint density at radius 2 is 1.92 bits per heavy atom. The first kappa shape index (κ1) is 14.6. The molecule has 2 aromatic heterocycles. The molecule has 0 radical (unpaired) electrons. The molecule has 1 aromatic carbocycles. The van der Waals surface area contributed by atoms with Crippen molar-refractivity contribution in [2.75, 3.05) is 18.0 Å². The van der Waals surface area contributed by atoms with Crippen molar-refractivity contribution in [1.29, 1.82) is 5.26 Å². The normalized spacial score (nSPS) is 14.8. The Balaban J connectivity index is 1.67. The molecule has 0 spiro atoms. The quantitative estimate of drug-likeness (QED) is 0.742. The molecule has 0 unspecified atom stereocenters. The minimum absolute atomic E-state index is 0.336. The highest BCUT2D eigenvalue weighted by atomic mass is 15.3. The van der Waals surface area contributed by atoms with Crippen LogP contribution in [0.1, 0.15) is 37.3 Å². The first-order valence-corrected chi connectivity index (χ1v) is 8.12. The first-order valence-electron chi connectivity index (χ1n) is 8.12. The van der Waals surface area contributed by atoms with Gasteiger partial charge in [0.25, 0.3) is 0 Å². The van der Waals surface area contributed by atoms with Gasteiger partial charge in [-0.3, -0.25) is 0 Å². The van der Waals surface area contributed by atoms with Gasteiger partial charge in [-0.25, -0.2) is 15.0 Å². The summed E-state index contributed by atoms with van der Waals surface area (Å²) in [6.07, 6.45) is 3.19. The summed E-state index contributed by atoms with van der Waals surface area (Å²) in [5.74, 6) is 2.14. The van der Waals surface area contributed by atoms with Crippen LogP contribution in [0.3, 0.4) is 0 Å². The molecule has 1 aliphatic heterocycles. The zero-order valence-corrected chi connectivity index (χ0v) is 13.7.